The second-order valence-electron chi connectivity index (χ2n) is 4.88. The van der Waals surface area contributed by atoms with Gasteiger partial charge < -0.3 is 4.57 Å². The van der Waals surface area contributed by atoms with E-state index in [4.69, 9.17) is 4.18 Å². The van der Waals surface area contributed by atoms with Gasteiger partial charge in [0.05, 0.1) is 12.9 Å². The van der Waals surface area contributed by atoms with Crippen molar-refractivity contribution in [2.75, 3.05) is 6.26 Å². The minimum absolute atomic E-state index is 0.00785. The zero-order valence-corrected chi connectivity index (χ0v) is 12.9. The van der Waals surface area contributed by atoms with E-state index in [-0.39, 0.29) is 6.61 Å². The van der Waals surface area contributed by atoms with E-state index in [0.29, 0.717) is 5.69 Å². The largest absolute Gasteiger partial charge is 0.305 e. The highest BCUT2D eigenvalue weighted by Crippen LogP contribution is 2.20. The topological polar surface area (TPSA) is 72.1 Å². The van der Waals surface area contributed by atoms with Crippen molar-refractivity contribution in [1.82, 2.24) is 4.57 Å². The van der Waals surface area contributed by atoms with Crippen LogP contribution in [0.25, 0.3) is 5.69 Å². The van der Waals surface area contributed by atoms with Crippen molar-refractivity contribution in [2.45, 2.75) is 20.5 Å². The van der Waals surface area contributed by atoms with Crippen molar-refractivity contribution >= 4 is 10.1 Å². The zero-order valence-electron chi connectivity index (χ0n) is 12.1. The molecule has 0 aliphatic rings. The summed E-state index contributed by atoms with van der Waals surface area (Å²) in [6, 6.07) is 11.3. The van der Waals surface area contributed by atoms with E-state index in [9.17, 15) is 13.7 Å². The Labute approximate surface area is 124 Å². The molecule has 0 fully saturated rings. The van der Waals surface area contributed by atoms with Gasteiger partial charge in [-0.05, 0) is 43.2 Å². The van der Waals surface area contributed by atoms with Gasteiger partial charge in [-0.15, -0.1) is 0 Å². The molecule has 0 unspecified atom stereocenters. The molecule has 0 saturated heterocycles. The number of aryl methyl sites for hydroxylation is 1. The number of nitrogens with zero attached hydrogens (tertiary/aromatic N) is 2. The van der Waals surface area contributed by atoms with Crippen LogP contribution in [0.4, 0.5) is 0 Å². The lowest BCUT2D eigenvalue weighted by atomic mass is 10.2. The molecule has 0 N–H and O–H groups in total. The van der Waals surface area contributed by atoms with E-state index < -0.39 is 10.1 Å². The van der Waals surface area contributed by atoms with Gasteiger partial charge in [-0.1, -0.05) is 12.1 Å². The van der Waals surface area contributed by atoms with Crippen LogP contribution in [0.15, 0.2) is 30.3 Å². The fourth-order valence-corrected chi connectivity index (χ4v) is 2.41. The summed E-state index contributed by atoms with van der Waals surface area (Å²) in [6.45, 7) is 3.92. The Hall–Kier alpha value is -2.10. The second kappa shape index (κ2) is 5.72. The van der Waals surface area contributed by atoms with Crippen LogP contribution in [0.5, 0.6) is 0 Å². The molecule has 1 aromatic carbocycles. The van der Waals surface area contributed by atoms with Crippen molar-refractivity contribution in [2.24, 2.45) is 0 Å². The van der Waals surface area contributed by atoms with Crippen molar-refractivity contribution in [3.63, 3.8) is 0 Å². The minimum atomic E-state index is -3.45. The maximum Gasteiger partial charge on any atom is 0.264 e. The third-order valence-electron chi connectivity index (χ3n) is 3.25. The number of rotatable bonds is 4. The molecule has 2 rings (SSSR count). The number of hydrogen-bond donors (Lipinski definition) is 0. The summed E-state index contributed by atoms with van der Waals surface area (Å²) >= 11 is 0. The molecule has 0 aliphatic heterocycles. The highest BCUT2D eigenvalue weighted by molar-refractivity contribution is 7.85. The van der Waals surface area contributed by atoms with Gasteiger partial charge in [-0.25, -0.2) is 0 Å². The second-order valence-corrected chi connectivity index (χ2v) is 6.52. The van der Waals surface area contributed by atoms with Crippen molar-refractivity contribution in [1.29, 1.82) is 5.26 Å². The first-order valence-electron chi connectivity index (χ1n) is 6.34. The van der Waals surface area contributed by atoms with E-state index in [1.54, 1.807) is 12.1 Å². The lowest BCUT2D eigenvalue weighted by Gasteiger charge is -2.09. The van der Waals surface area contributed by atoms with Crippen LogP contribution in [0.3, 0.4) is 0 Å². The molecule has 0 bridgehead atoms. The van der Waals surface area contributed by atoms with Crippen LogP contribution in [-0.4, -0.2) is 19.2 Å². The van der Waals surface area contributed by atoms with Gasteiger partial charge >= 0.3 is 0 Å². The van der Waals surface area contributed by atoms with Crippen LogP contribution >= 0.6 is 0 Å². The molecule has 1 aromatic heterocycles. The maximum absolute atomic E-state index is 11.0. The van der Waals surface area contributed by atoms with Gasteiger partial charge in [0.25, 0.3) is 10.1 Å². The van der Waals surface area contributed by atoms with E-state index in [1.165, 1.54) is 0 Å². The molecule has 0 radical (unpaired) electrons. The fraction of sp³-hybridized carbons (Fsp3) is 0.267. The summed E-state index contributed by atoms with van der Waals surface area (Å²) in [5.41, 5.74) is 4.25. The molecule has 0 saturated carbocycles. The molecule has 5 nitrogen and oxygen atoms in total. The van der Waals surface area contributed by atoms with Crippen LogP contribution in [0.2, 0.25) is 0 Å². The molecular weight excluding hydrogens is 288 g/mol. The Balaban J connectivity index is 2.30. The average molecular weight is 304 g/mol. The molecule has 0 amide bonds. The predicted molar refractivity (Wildman–Crippen MR) is 79.6 cm³/mol. The summed E-state index contributed by atoms with van der Waals surface area (Å²) in [5.74, 6) is 0. The maximum atomic E-state index is 11.0. The third kappa shape index (κ3) is 3.51. The number of nitriles is 1. The van der Waals surface area contributed by atoms with E-state index in [1.807, 2.05) is 36.6 Å². The van der Waals surface area contributed by atoms with Gasteiger partial charge in [0, 0.05) is 11.4 Å². The van der Waals surface area contributed by atoms with E-state index in [0.717, 1.165) is 28.8 Å². The SMILES string of the molecule is Cc1cc(C#N)n(-c2ccc(COS(C)(=O)=O)cc2)c1C. The molecule has 110 valence electrons. The number of aromatic nitrogens is 1. The third-order valence-corrected chi connectivity index (χ3v) is 3.79. The number of benzene rings is 1. The van der Waals surface area contributed by atoms with Gasteiger partial charge in [-0.2, -0.15) is 13.7 Å². The van der Waals surface area contributed by atoms with Crippen molar-refractivity contribution in [3.05, 3.63) is 52.8 Å². The fourth-order valence-electron chi connectivity index (χ4n) is 2.06. The highest BCUT2D eigenvalue weighted by atomic mass is 32.2. The van der Waals surface area contributed by atoms with Gasteiger partial charge in [-0.3, -0.25) is 4.18 Å². The molecule has 6 heteroatoms. The highest BCUT2D eigenvalue weighted by Gasteiger charge is 2.10. The van der Waals surface area contributed by atoms with Crippen LogP contribution in [0.1, 0.15) is 22.5 Å². The molecule has 0 atom stereocenters. The zero-order chi connectivity index (χ0) is 15.6. The first-order valence-corrected chi connectivity index (χ1v) is 8.16. The van der Waals surface area contributed by atoms with Crippen molar-refractivity contribution in [3.8, 4) is 11.8 Å². The Morgan fingerprint density at radius 1 is 1.24 bits per heavy atom. The van der Waals surface area contributed by atoms with Crippen LogP contribution in [0, 0.1) is 25.2 Å². The Kier molecular flexibility index (Phi) is 4.16. The molecule has 0 aliphatic carbocycles. The lowest BCUT2D eigenvalue weighted by molar-refractivity contribution is 0.311. The van der Waals surface area contributed by atoms with Gasteiger partial charge in [0.2, 0.25) is 0 Å². The monoisotopic (exact) mass is 304 g/mol. The quantitative estimate of drug-likeness (QED) is 0.813. The first-order chi connectivity index (χ1) is 9.81. The normalized spacial score (nSPS) is 11.3. The van der Waals surface area contributed by atoms with Crippen LogP contribution < -0.4 is 0 Å². The summed E-state index contributed by atoms with van der Waals surface area (Å²) in [6.07, 6.45) is 1.02. The first kappa shape index (κ1) is 15.3. The van der Waals surface area contributed by atoms with E-state index >= 15 is 0 Å². The van der Waals surface area contributed by atoms with E-state index in [2.05, 4.69) is 6.07 Å². The lowest BCUT2D eigenvalue weighted by Crippen LogP contribution is -2.03. The molecule has 0 spiro atoms. The summed E-state index contributed by atoms with van der Waals surface area (Å²) in [7, 11) is -3.45. The molecule has 21 heavy (non-hydrogen) atoms. The Morgan fingerprint density at radius 3 is 2.38 bits per heavy atom. The summed E-state index contributed by atoms with van der Waals surface area (Å²) < 4.78 is 28.5. The standard InChI is InChI=1S/C15H16N2O3S/c1-11-8-15(9-16)17(12(11)2)14-6-4-13(5-7-14)10-20-21(3,18)19/h4-8H,10H2,1-3H3. The molecule has 2 aromatic rings. The predicted octanol–water partition coefficient (Wildman–Crippen LogP) is 2.44. The average Bonchev–Trinajstić information content (AvgIpc) is 2.72. The van der Waals surface area contributed by atoms with Gasteiger partial charge in [0.1, 0.15) is 11.8 Å². The van der Waals surface area contributed by atoms with Gasteiger partial charge in [0.15, 0.2) is 0 Å². The summed E-state index contributed by atoms with van der Waals surface area (Å²) in [4.78, 5) is 0. The van der Waals surface area contributed by atoms with Crippen molar-refractivity contribution < 1.29 is 12.6 Å². The summed E-state index contributed by atoms with van der Waals surface area (Å²) in [5, 5.41) is 9.19. The molecule has 1 heterocycles. The van der Waals surface area contributed by atoms with Crippen LogP contribution in [-0.2, 0) is 20.9 Å². The Bertz CT molecular complexity index is 797. The number of hydrogen-bond acceptors (Lipinski definition) is 4. The smallest absolute Gasteiger partial charge is 0.264 e. The minimum Gasteiger partial charge on any atom is -0.305 e. The molecular formula is C15H16N2O3S. The Morgan fingerprint density at radius 2 is 1.86 bits per heavy atom.